The summed E-state index contributed by atoms with van der Waals surface area (Å²) in [6.45, 7) is 5.22. The standard InChI is InChI=1S/C17H25N3O3/c1-3-20-9-6-13(7-10-20)11-15(21)19(2)16(17(22)23)14-5-4-8-18-12-14/h4-5,8,12-13,16H,3,6-7,9-11H2,1-2H3,(H,22,23)/t16-/m1/s1. The molecule has 6 heteroatoms. The highest BCUT2D eigenvalue weighted by molar-refractivity contribution is 5.84. The molecule has 1 aromatic heterocycles. The van der Waals surface area contributed by atoms with Crippen LogP contribution < -0.4 is 0 Å². The Morgan fingerprint density at radius 1 is 1.43 bits per heavy atom. The van der Waals surface area contributed by atoms with Crippen molar-refractivity contribution in [3.05, 3.63) is 30.1 Å². The Labute approximate surface area is 137 Å². The molecule has 1 N–H and O–H groups in total. The number of aliphatic carboxylic acids is 1. The molecule has 1 fully saturated rings. The number of aromatic nitrogens is 1. The van der Waals surface area contributed by atoms with Gasteiger partial charge in [0.1, 0.15) is 0 Å². The van der Waals surface area contributed by atoms with Gasteiger partial charge in [0.2, 0.25) is 5.91 Å². The second kappa shape index (κ2) is 8.06. The highest BCUT2D eigenvalue weighted by atomic mass is 16.4. The zero-order chi connectivity index (χ0) is 16.8. The van der Waals surface area contributed by atoms with E-state index in [1.54, 1.807) is 25.4 Å². The number of amides is 1. The van der Waals surface area contributed by atoms with Crippen LogP contribution in [0.5, 0.6) is 0 Å². The molecule has 0 bridgehead atoms. The lowest BCUT2D eigenvalue weighted by Crippen LogP contribution is -2.39. The van der Waals surface area contributed by atoms with E-state index in [9.17, 15) is 14.7 Å². The van der Waals surface area contributed by atoms with Gasteiger partial charge in [0.25, 0.3) is 0 Å². The van der Waals surface area contributed by atoms with Gasteiger partial charge in [0.15, 0.2) is 6.04 Å². The van der Waals surface area contributed by atoms with Crippen molar-refractivity contribution in [2.24, 2.45) is 5.92 Å². The molecule has 0 radical (unpaired) electrons. The highest BCUT2D eigenvalue weighted by Crippen LogP contribution is 2.24. The average molecular weight is 319 g/mol. The number of pyridine rings is 1. The number of carbonyl (C=O) groups is 2. The number of piperidine rings is 1. The third-order valence-electron chi connectivity index (χ3n) is 4.63. The van der Waals surface area contributed by atoms with E-state index >= 15 is 0 Å². The quantitative estimate of drug-likeness (QED) is 0.865. The van der Waals surface area contributed by atoms with Crippen LogP contribution in [-0.4, -0.2) is 58.4 Å². The first-order valence-electron chi connectivity index (χ1n) is 8.13. The van der Waals surface area contributed by atoms with Gasteiger partial charge in [0.05, 0.1) is 0 Å². The molecule has 0 saturated carbocycles. The first-order chi connectivity index (χ1) is 11.0. The van der Waals surface area contributed by atoms with E-state index in [2.05, 4.69) is 16.8 Å². The van der Waals surface area contributed by atoms with E-state index in [4.69, 9.17) is 0 Å². The zero-order valence-corrected chi connectivity index (χ0v) is 13.8. The van der Waals surface area contributed by atoms with Crippen molar-refractivity contribution in [3.63, 3.8) is 0 Å². The summed E-state index contributed by atoms with van der Waals surface area (Å²) in [5.41, 5.74) is 0.525. The Kier molecular flexibility index (Phi) is 6.10. The van der Waals surface area contributed by atoms with Crippen molar-refractivity contribution < 1.29 is 14.7 Å². The van der Waals surface area contributed by atoms with Crippen LogP contribution in [0.15, 0.2) is 24.5 Å². The molecule has 23 heavy (non-hydrogen) atoms. The minimum atomic E-state index is -1.03. The van der Waals surface area contributed by atoms with Crippen LogP contribution in [0.2, 0.25) is 0 Å². The molecular weight excluding hydrogens is 294 g/mol. The van der Waals surface area contributed by atoms with Crippen LogP contribution in [0.1, 0.15) is 37.8 Å². The maximum absolute atomic E-state index is 12.5. The van der Waals surface area contributed by atoms with Gasteiger partial charge < -0.3 is 14.9 Å². The molecule has 2 rings (SSSR count). The van der Waals surface area contributed by atoms with Crippen LogP contribution in [0.4, 0.5) is 0 Å². The van der Waals surface area contributed by atoms with Crippen LogP contribution in [-0.2, 0) is 9.59 Å². The number of hydrogen-bond donors (Lipinski definition) is 1. The number of carboxylic acid groups (broad SMARTS) is 1. The normalized spacial score (nSPS) is 17.7. The lowest BCUT2D eigenvalue weighted by molar-refractivity contribution is -0.149. The van der Waals surface area contributed by atoms with Crippen molar-refractivity contribution in [1.29, 1.82) is 0 Å². The Bertz CT molecular complexity index is 527. The van der Waals surface area contributed by atoms with Gasteiger partial charge in [-0.2, -0.15) is 0 Å². The van der Waals surface area contributed by atoms with Crippen molar-refractivity contribution in [3.8, 4) is 0 Å². The van der Waals surface area contributed by atoms with Crippen LogP contribution in [0, 0.1) is 5.92 Å². The molecule has 1 saturated heterocycles. The maximum atomic E-state index is 12.5. The third kappa shape index (κ3) is 4.51. The van der Waals surface area contributed by atoms with E-state index in [-0.39, 0.29) is 5.91 Å². The molecule has 126 valence electrons. The molecule has 1 aromatic rings. The Balaban J connectivity index is 1.99. The van der Waals surface area contributed by atoms with Crippen LogP contribution in [0.3, 0.4) is 0 Å². The smallest absolute Gasteiger partial charge is 0.331 e. The molecule has 1 aliphatic heterocycles. The van der Waals surface area contributed by atoms with Crippen molar-refractivity contribution >= 4 is 11.9 Å². The highest BCUT2D eigenvalue weighted by Gasteiger charge is 2.30. The Hall–Kier alpha value is -1.95. The summed E-state index contributed by atoms with van der Waals surface area (Å²) < 4.78 is 0. The lowest BCUT2D eigenvalue weighted by atomic mass is 9.92. The minimum Gasteiger partial charge on any atom is -0.479 e. The fourth-order valence-corrected chi connectivity index (χ4v) is 3.11. The number of nitrogens with zero attached hydrogens (tertiary/aromatic N) is 3. The fourth-order valence-electron chi connectivity index (χ4n) is 3.11. The van der Waals surface area contributed by atoms with Crippen LogP contribution >= 0.6 is 0 Å². The summed E-state index contributed by atoms with van der Waals surface area (Å²) in [7, 11) is 1.56. The van der Waals surface area contributed by atoms with E-state index in [0.29, 0.717) is 17.9 Å². The number of likely N-dealkylation sites (N-methyl/N-ethyl adjacent to an activating group) is 1. The summed E-state index contributed by atoms with van der Waals surface area (Å²) in [6.07, 6.45) is 5.50. The van der Waals surface area contributed by atoms with Gasteiger partial charge in [0, 0.05) is 31.4 Å². The molecule has 2 heterocycles. The first kappa shape index (κ1) is 17.4. The van der Waals surface area contributed by atoms with E-state index < -0.39 is 12.0 Å². The molecule has 1 amide bonds. The second-order valence-corrected chi connectivity index (χ2v) is 6.11. The molecule has 1 aliphatic rings. The molecular formula is C17H25N3O3. The summed E-state index contributed by atoms with van der Waals surface area (Å²) in [6, 6.07) is 2.39. The molecule has 0 aliphatic carbocycles. The minimum absolute atomic E-state index is 0.115. The third-order valence-corrected chi connectivity index (χ3v) is 4.63. The van der Waals surface area contributed by atoms with E-state index in [0.717, 1.165) is 32.5 Å². The van der Waals surface area contributed by atoms with Crippen molar-refractivity contribution in [2.75, 3.05) is 26.7 Å². The predicted molar refractivity (Wildman–Crippen MR) is 86.8 cm³/mol. The topological polar surface area (TPSA) is 73.7 Å². The lowest BCUT2D eigenvalue weighted by Gasteiger charge is -2.32. The zero-order valence-electron chi connectivity index (χ0n) is 13.8. The predicted octanol–water partition coefficient (Wildman–Crippen LogP) is 1.79. The number of rotatable bonds is 6. The summed E-state index contributed by atoms with van der Waals surface area (Å²) in [5.74, 6) is -0.804. The van der Waals surface area contributed by atoms with Crippen molar-refractivity contribution in [2.45, 2.75) is 32.2 Å². The van der Waals surface area contributed by atoms with Gasteiger partial charge in [-0.1, -0.05) is 13.0 Å². The summed E-state index contributed by atoms with van der Waals surface area (Å²) in [5, 5.41) is 9.49. The van der Waals surface area contributed by atoms with Gasteiger partial charge in [-0.05, 0) is 44.5 Å². The van der Waals surface area contributed by atoms with E-state index in [1.807, 2.05) is 0 Å². The number of carbonyl (C=O) groups excluding carboxylic acids is 1. The average Bonchev–Trinajstić information content (AvgIpc) is 2.56. The van der Waals surface area contributed by atoms with Gasteiger partial charge in [-0.3, -0.25) is 9.78 Å². The molecule has 1 atom stereocenters. The maximum Gasteiger partial charge on any atom is 0.331 e. The van der Waals surface area contributed by atoms with Crippen molar-refractivity contribution in [1.82, 2.24) is 14.8 Å². The fraction of sp³-hybridized carbons (Fsp3) is 0.588. The van der Waals surface area contributed by atoms with Gasteiger partial charge in [-0.25, -0.2) is 4.79 Å². The first-order valence-corrected chi connectivity index (χ1v) is 8.13. The van der Waals surface area contributed by atoms with E-state index in [1.165, 1.54) is 11.1 Å². The monoisotopic (exact) mass is 319 g/mol. The second-order valence-electron chi connectivity index (χ2n) is 6.11. The molecule has 0 unspecified atom stereocenters. The molecule has 6 nitrogen and oxygen atoms in total. The number of carboxylic acids is 1. The van der Waals surface area contributed by atoms with Crippen LogP contribution in [0.25, 0.3) is 0 Å². The SMILES string of the molecule is CCN1CCC(CC(=O)N(C)[C@@H](C(=O)O)c2cccnc2)CC1. The Morgan fingerprint density at radius 2 is 2.13 bits per heavy atom. The summed E-state index contributed by atoms with van der Waals surface area (Å²) in [4.78, 5) is 31.8. The Morgan fingerprint density at radius 3 is 2.65 bits per heavy atom. The van der Waals surface area contributed by atoms with Gasteiger partial charge in [-0.15, -0.1) is 0 Å². The largest absolute Gasteiger partial charge is 0.479 e. The number of likely N-dealkylation sites (tertiary alicyclic amines) is 1. The number of hydrogen-bond acceptors (Lipinski definition) is 4. The van der Waals surface area contributed by atoms with Gasteiger partial charge >= 0.3 is 5.97 Å². The summed E-state index contributed by atoms with van der Waals surface area (Å²) >= 11 is 0. The molecule has 0 aromatic carbocycles. The molecule has 0 spiro atoms.